The van der Waals surface area contributed by atoms with Crippen LogP contribution in [0.15, 0.2) is 46.4 Å². The van der Waals surface area contributed by atoms with Crippen molar-refractivity contribution in [2.45, 2.75) is 12.0 Å². The van der Waals surface area contributed by atoms with Gasteiger partial charge in [0.2, 0.25) is 0 Å². The van der Waals surface area contributed by atoms with Gasteiger partial charge in [-0.25, -0.2) is 41.0 Å². The molecule has 192 valence electrons. The summed E-state index contributed by atoms with van der Waals surface area (Å²) in [5.74, 6) is -7.77. The van der Waals surface area contributed by atoms with Gasteiger partial charge >= 0.3 is 17.7 Å². The summed E-state index contributed by atoms with van der Waals surface area (Å²) in [6, 6.07) is 1.90. The molecule has 0 spiro atoms. The largest absolute Gasteiger partial charge is 0.438 e. The molecule has 0 bridgehead atoms. The van der Waals surface area contributed by atoms with E-state index in [1.165, 1.54) is 23.0 Å². The first-order valence-corrected chi connectivity index (χ1v) is 10.4. The number of hydrogen-bond acceptors (Lipinski definition) is 7. The number of ether oxygens (including phenoxy) is 1. The molecule has 4 aromatic rings. The van der Waals surface area contributed by atoms with Gasteiger partial charge in [0, 0.05) is 30.7 Å². The van der Waals surface area contributed by atoms with Gasteiger partial charge in [0.1, 0.15) is 17.2 Å². The molecular weight excluding hydrogens is 509 g/mol. The van der Waals surface area contributed by atoms with Crippen LogP contribution in [0.1, 0.15) is 0 Å². The van der Waals surface area contributed by atoms with Gasteiger partial charge in [0.15, 0.2) is 23.4 Å². The minimum atomic E-state index is -3.61. The Bertz CT molecular complexity index is 1630. The molecule has 0 saturated carbocycles. The van der Waals surface area contributed by atoms with E-state index in [4.69, 9.17) is 4.74 Å². The number of aromatic nitrogens is 5. The van der Waals surface area contributed by atoms with Crippen molar-refractivity contribution in [2.75, 3.05) is 23.3 Å². The second kappa shape index (κ2) is 8.72. The molecule has 1 amide bonds. The number of alkyl halides is 2. The Morgan fingerprint density at radius 2 is 1.89 bits per heavy atom. The third-order valence-electron chi connectivity index (χ3n) is 5.52. The number of anilines is 2. The summed E-state index contributed by atoms with van der Waals surface area (Å²) in [5.41, 5.74) is -2.39. The van der Waals surface area contributed by atoms with Crippen molar-refractivity contribution in [1.29, 1.82) is 0 Å². The Morgan fingerprint density at radius 1 is 1.16 bits per heavy atom. The van der Waals surface area contributed by atoms with Crippen LogP contribution in [0.5, 0.6) is 0 Å². The van der Waals surface area contributed by atoms with E-state index < -0.39 is 65.6 Å². The van der Waals surface area contributed by atoms with Crippen LogP contribution >= 0.6 is 0 Å². The van der Waals surface area contributed by atoms with Crippen molar-refractivity contribution < 1.29 is 31.5 Å². The number of H-pyrrole nitrogens is 2. The van der Waals surface area contributed by atoms with Crippen molar-refractivity contribution in [1.82, 2.24) is 24.6 Å². The topological polar surface area (TPSA) is 137 Å². The fourth-order valence-electron chi connectivity index (χ4n) is 3.85. The van der Waals surface area contributed by atoms with Gasteiger partial charge in [0.05, 0.1) is 24.3 Å². The van der Waals surface area contributed by atoms with Gasteiger partial charge < -0.3 is 14.6 Å². The summed E-state index contributed by atoms with van der Waals surface area (Å²) < 4.78 is 76.3. The summed E-state index contributed by atoms with van der Waals surface area (Å²) in [4.78, 5) is 45.3. The Morgan fingerprint density at radius 3 is 2.59 bits per heavy atom. The smallest absolute Gasteiger partial charge is 0.412 e. The molecule has 1 aliphatic heterocycles. The zero-order valence-corrected chi connectivity index (χ0v) is 18.3. The molecule has 5 rings (SSSR count). The number of halogens is 5. The van der Waals surface area contributed by atoms with E-state index >= 15 is 0 Å². The highest BCUT2D eigenvalue weighted by molar-refractivity contribution is 5.85. The number of amides is 1. The maximum absolute atomic E-state index is 14.8. The predicted molar refractivity (Wildman–Crippen MR) is 117 cm³/mol. The molecule has 0 radical (unpaired) electrons. The number of nitrogens with zero attached hydrogens (tertiary/aromatic N) is 4. The number of carbonyl (C=O) groups is 1. The summed E-state index contributed by atoms with van der Waals surface area (Å²) in [6.45, 7) is -1.51. The van der Waals surface area contributed by atoms with Crippen LogP contribution in [0, 0.1) is 17.5 Å². The van der Waals surface area contributed by atoms with Gasteiger partial charge in [0.25, 0.3) is 5.56 Å². The molecule has 1 aromatic carbocycles. The second-order valence-electron chi connectivity index (χ2n) is 8.00. The standard InChI is InChI=1S/C21H14F5N7O4/c22-9-3-11(23)16(12(24)4-9)29-20(36)37-15-7-32(8-21(15,25)26)14-5-13(31-33-2-1-27-17(14)33)10-6-28-19(35)30-18(10)34/h1-6,15H,7-8H2,(H,29,36)(H2,28,30,34,35)/t15-/m0/s1. The number of imidazole rings is 1. The second-order valence-corrected chi connectivity index (χ2v) is 8.00. The normalized spacial score (nSPS) is 16.8. The van der Waals surface area contributed by atoms with E-state index in [2.05, 4.69) is 15.1 Å². The quantitative estimate of drug-likeness (QED) is 0.349. The minimum Gasteiger partial charge on any atom is -0.438 e. The lowest BCUT2D eigenvalue weighted by molar-refractivity contribution is -0.0735. The fraction of sp³-hybridized carbons (Fsp3) is 0.190. The molecule has 1 aliphatic rings. The van der Waals surface area contributed by atoms with Crippen LogP contribution in [0.4, 0.5) is 38.1 Å². The minimum absolute atomic E-state index is 0.0192. The molecule has 1 atom stereocenters. The first-order valence-electron chi connectivity index (χ1n) is 10.4. The van der Waals surface area contributed by atoms with Gasteiger partial charge in [-0.3, -0.25) is 15.1 Å². The van der Waals surface area contributed by atoms with Crippen LogP contribution in [0.2, 0.25) is 0 Å². The van der Waals surface area contributed by atoms with Gasteiger partial charge in [-0.05, 0) is 6.07 Å². The molecule has 0 aliphatic carbocycles. The third-order valence-corrected chi connectivity index (χ3v) is 5.52. The SMILES string of the molecule is O=C(Nc1c(F)cc(F)cc1F)O[C@H]1CN(c2cc(-c3c[nH]c(=O)[nH]c3=O)nn3ccnc23)CC1(F)F. The highest BCUT2D eigenvalue weighted by Crippen LogP contribution is 2.36. The average molecular weight is 523 g/mol. The first-order chi connectivity index (χ1) is 17.5. The zero-order chi connectivity index (χ0) is 26.5. The van der Waals surface area contributed by atoms with E-state index in [9.17, 15) is 36.3 Å². The molecule has 4 heterocycles. The number of carbonyl (C=O) groups excluding carboxylic acids is 1. The van der Waals surface area contributed by atoms with E-state index in [0.717, 1.165) is 11.1 Å². The summed E-state index contributed by atoms with van der Waals surface area (Å²) >= 11 is 0. The van der Waals surface area contributed by atoms with Crippen molar-refractivity contribution in [2.24, 2.45) is 0 Å². The molecule has 3 N–H and O–H groups in total. The first kappa shape index (κ1) is 24.0. The van der Waals surface area contributed by atoms with Crippen molar-refractivity contribution >= 4 is 23.1 Å². The highest BCUT2D eigenvalue weighted by Gasteiger charge is 2.51. The van der Waals surface area contributed by atoms with Gasteiger partial charge in [-0.2, -0.15) is 5.10 Å². The number of fused-ring (bicyclic) bond motifs is 1. The number of aromatic amines is 2. The molecule has 1 fully saturated rings. The van der Waals surface area contributed by atoms with Crippen LogP contribution in [0.25, 0.3) is 16.9 Å². The fourth-order valence-corrected chi connectivity index (χ4v) is 3.85. The number of rotatable bonds is 4. The summed E-state index contributed by atoms with van der Waals surface area (Å²) in [7, 11) is 0. The van der Waals surface area contributed by atoms with Crippen LogP contribution in [-0.4, -0.2) is 55.8 Å². The van der Waals surface area contributed by atoms with Gasteiger partial charge in [-0.15, -0.1) is 0 Å². The maximum atomic E-state index is 14.8. The Balaban J connectivity index is 1.43. The van der Waals surface area contributed by atoms with Crippen molar-refractivity contribution in [3.05, 3.63) is 75.1 Å². The maximum Gasteiger partial charge on any atom is 0.412 e. The lowest BCUT2D eigenvalue weighted by atomic mass is 10.2. The lowest BCUT2D eigenvalue weighted by Gasteiger charge is -2.19. The van der Waals surface area contributed by atoms with Crippen LogP contribution in [-0.2, 0) is 4.74 Å². The third kappa shape index (κ3) is 4.48. The highest BCUT2D eigenvalue weighted by atomic mass is 19.3. The van der Waals surface area contributed by atoms with E-state index in [1.807, 2.05) is 4.98 Å². The number of hydrogen-bond donors (Lipinski definition) is 3. The van der Waals surface area contributed by atoms with Crippen molar-refractivity contribution in [3.63, 3.8) is 0 Å². The lowest BCUT2D eigenvalue weighted by Crippen LogP contribution is -2.37. The summed E-state index contributed by atoms with van der Waals surface area (Å²) in [5, 5.41) is 5.87. The molecular formula is C21H14F5N7O4. The average Bonchev–Trinajstić information content (AvgIpc) is 3.39. The van der Waals surface area contributed by atoms with E-state index in [0.29, 0.717) is 12.1 Å². The summed E-state index contributed by atoms with van der Waals surface area (Å²) in [6.07, 6.45) is 0.218. The number of benzene rings is 1. The van der Waals surface area contributed by atoms with E-state index in [1.54, 1.807) is 5.32 Å². The van der Waals surface area contributed by atoms with Crippen molar-refractivity contribution in [3.8, 4) is 11.3 Å². The Hall–Kier alpha value is -4.76. The van der Waals surface area contributed by atoms with Crippen LogP contribution < -0.4 is 21.5 Å². The molecule has 1 saturated heterocycles. The van der Waals surface area contributed by atoms with Gasteiger partial charge in [-0.1, -0.05) is 0 Å². The number of nitrogens with one attached hydrogen (secondary N) is 3. The Kier molecular flexibility index (Phi) is 5.65. The van der Waals surface area contributed by atoms with Crippen LogP contribution in [0.3, 0.4) is 0 Å². The molecule has 37 heavy (non-hydrogen) atoms. The molecule has 3 aromatic heterocycles. The monoisotopic (exact) mass is 523 g/mol. The molecule has 0 unspecified atom stereocenters. The zero-order valence-electron chi connectivity index (χ0n) is 18.3. The predicted octanol–water partition coefficient (Wildman–Crippen LogP) is 2.26. The molecule has 11 nitrogen and oxygen atoms in total. The van der Waals surface area contributed by atoms with E-state index in [-0.39, 0.29) is 22.6 Å². The molecule has 16 heteroatoms. The Labute approximate surface area is 201 Å².